The van der Waals surface area contributed by atoms with E-state index in [0.717, 1.165) is 22.6 Å². The van der Waals surface area contributed by atoms with Crippen molar-refractivity contribution in [3.63, 3.8) is 0 Å². The van der Waals surface area contributed by atoms with Crippen molar-refractivity contribution in [2.75, 3.05) is 14.2 Å². The van der Waals surface area contributed by atoms with Gasteiger partial charge >= 0.3 is 0 Å². The Hall–Kier alpha value is -6.21. The standard InChI is InChI=1S/C48H68OSi.C48H60OSi.C3H8/c2*1-29-21-22-36(33-25-34(46(4,5)6)27-35(26-33)47(7,8)9)37-24-31(3)45(41(29)37)50(14,15)44-30(2)23-38-39(44)28-40(48(10,11)12)43(49-13)42(38)32-19-17-16-18-20-32;1-3-2/h16-22,25-28,30-31,37-39,41,44-45H,23-24H2,1-15H3;16-28,44-45H,1-15H3;3H2,1-2H3. The highest BCUT2D eigenvalue weighted by Gasteiger charge is 2.60. The highest BCUT2D eigenvalue weighted by molar-refractivity contribution is 6.82. The van der Waals surface area contributed by atoms with Crippen molar-refractivity contribution in [3.05, 3.63) is 228 Å². The van der Waals surface area contributed by atoms with Gasteiger partial charge in [-0.2, -0.15) is 0 Å². The molecule has 6 aliphatic carbocycles. The first kappa shape index (κ1) is 79.4. The van der Waals surface area contributed by atoms with Gasteiger partial charge in [0.1, 0.15) is 11.5 Å². The van der Waals surface area contributed by atoms with Crippen LogP contribution in [0.2, 0.25) is 37.3 Å². The number of allylic oxidation sites excluding steroid dienone is 9. The summed E-state index contributed by atoms with van der Waals surface area (Å²) in [5.74, 6) is 5.84. The summed E-state index contributed by atoms with van der Waals surface area (Å²) in [7, 11) is -0.230. The normalized spacial score (nSPS) is 23.6. The molecule has 6 aromatic carbocycles. The molecule has 2 fully saturated rings. The maximum Gasteiger partial charge on any atom is 0.131 e. The third-order valence-electron chi connectivity index (χ3n) is 25.3. The van der Waals surface area contributed by atoms with Gasteiger partial charge in [0.15, 0.2) is 0 Å². The summed E-state index contributed by atoms with van der Waals surface area (Å²) in [5.41, 5.74) is 34.0. The molecule has 10 unspecified atom stereocenters. The molecule has 0 aromatic heterocycles. The van der Waals surface area contributed by atoms with Gasteiger partial charge in [-0.05, 0) is 209 Å². The monoisotopic (exact) mass is 1410 g/mol. The van der Waals surface area contributed by atoms with Crippen LogP contribution < -0.4 is 4.74 Å². The zero-order chi connectivity index (χ0) is 76.1. The summed E-state index contributed by atoms with van der Waals surface area (Å²) in [6.45, 7) is 72.4. The Morgan fingerprint density at radius 3 is 1.42 bits per heavy atom. The van der Waals surface area contributed by atoms with E-state index in [1.54, 1.807) is 16.7 Å². The molecule has 12 rings (SSSR count). The minimum atomic E-state index is -2.11. The molecule has 0 bridgehead atoms. The number of aryl methyl sites for hydroxylation is 1. The Labute approximate surface area is 631 Å². The lowest BCUT2D eigenvalue weighted by Crippen LogP contribution is -2.46. The molecule has 0 heterocycles. The number of hydrogen-bond acceptors (Lipinski definition) is 2. The second-order valence-corrected chi connectivity index (χ2v) is 50.0. The molecule has 552 valence electrons. The molecular formula is C99H136O2Si2. The van der Waals surface area contributed by atoms with Crippen molar-refractivity contribution in [1.82, 2.24) is 0 Å². The molecule has 0 amide bonds. The van der Waals surface area contributed by atoms with Crippen molar-refractivity contribution in [2.24, 2.45) is 40.9 Å². The second kappa shape index (κ2) is 28.8. The maximum atomic E-state index is 6.38. The van der Waals surface area contributed by atoms with Gasteiger partial charge in [0, 0.05) is 27.8 Å². The third-order valence-corrected chi connectivity index (χ3v) is 35.1. The zero-order valence-corrected chi connectivity index (χ0v) is 72.6. The van der Waals surface area contributed by atoms with Gasteiger partial charge < -0.3 is 9.47 Å². The van der Waals surface area contributed by atoms with Crippen LogP contribution in [0.1, 0.15) is 270 Å². The lowest BCUT2D eigenvalue weighted by molar-refractivity contribution is 0.274. The summed E-state index contributed by atoms with van der Waals surface area (Å²) < 4.78 is 12.7. The average Bonchev–Trinajstić information content (AvgIpc) is 1.62. The molecule has 6 aliphatic rings. The van der Waals surface area contributed by atoms with Crippen LogP contribution in [0.25, 0.3) is 45.6 Å². The van der Waals surface area contributed by atoms with Crippen LogP contribution in [-0.2, 0) is 31.8 Å². The predicted octanol–water partition coefficient (Wildman–Crippen LogP) is 28.8. The summed E-state index contributed by atoms with van der Waals surface area (Å²) in [6, 6.07) is 44.4. The minimum absolute atomic E-state index is 0.0139. The van der Waals surface area contributed by atoms with E-state index in [9.17, 15) is 0 Å². The van der Waals surface area contributed by atoms with Gasteiger partial charge in [-0.3, -0.25) is 0 Å². The van der Waals surface area contributed by atoms with Crippen molar-refractivity contribution < 1.29 is 9.47 Å². The SMILES string of the molecule is CCC.COC1=C(c2ccccc2)C2CC(C)C([Si](C)(C)C3C(C)CC4C(c5cc(C(C)(C)C)cc(C(C)(C)C)c5)=CC=C(C)C43)C2C=C1C(C)(C)C.COc1c(C(C)(C)C)cc2c(c1-c1ccccc1)C=C(C)C2[Si](C)(C)C1C(C)=Cc2c(-c3cc(C(C)(C)C)cc(C(C)(C)C)c3)ccc(C)c21. The van der Waals surface area contributed by atoms with Crippen LogP contribution in [0.3, 0.4) is 0 Å². The molecular weight excluding hydrogens is 1280 g/mol. The zero-order valence-electron chi connectivity index (χ0n) is 70.6. The van der Waals surface area contributed by atoms with E-state index in [0.29, 0.717) is 46.6 Å². The Bertz CT molecular complexity index is 4270. The van der Waals surface area contributed by atoms with Crippen molar-refractivity contribution >= 4 is 39.4 Å². The van der Waals surface area contributed by atoms with E-state index in [4.69, 9.17) is 9.47 Å². The molecule has 0 aliphatic heterocycles. The molecule has 103 heavy (non-hydrogen) atoms. The highest BCUT2D eigenvalue weighted by Crippen LogP contribution is 2.68. The van der Waals surface area contributed by atoms with E-state index in [2.05, 4.69) is 352 Å². The van der Waals surface area contributed by atoms with E-state index in [1.807, 2.05) is 14.2 Å². The number of hydrogen-bond donors (Lipinski definition) is 0. The number of fused-ring (bicyclic) bond motifs is 4. The summed E-state index contributed by atoms with van der Waals surface area (Å²) >= 11 is 0. The Kier molecular flexibility index (Phi) is 22.2. The molecule has 10 atom stereocenters. The Morgan fingerprint density at radius 2 is 0.932 bits per heavy atom. The second-order valence-electron chi connectivity index (χ2n) is 40.3. The smallest absolute Gasteiger partial charge is 0.131 e. The number of rotatable bonds is 10. The van der Waals surface area contributed by atoms with Crippen LogP contribution in [0, 0.1) is 47.8 Å². The molecule has 2 saturated carbocycles. The third kappa shape index (κ3) is 15.2. The Morgan fingerprint density at radius 1 is 0.456 bits per heavy atom. The molecule has 0 spiro atoms. The summed E-state index contributed by atoms with van der Waals surface area (Å²) in [5, 5.41) is 0. The van der Waals surface area contributed by atoms with Crippen LogP contribution in [0.15, 0.2) is 162 Å². The van der Waals surface area contributed by atoms with E-state index in [1.165, 1.54) is 125 Å². The van der Waals surface area contributed by atoms with Gasteiger partial charge in [-0.15, -0.1) is 0 Å². The number of ether oxygens (including phenoxy) is 2. The fourth-order valence-electron chi connectivity index (χ4n) is 20.7. The fourth-order valence-corrected chi connectivity index (χ4v) is 32.1. The molecule has 0 radical (unpaired) electrons. The molecule has 0 saturated heterocycles. The first-order chi connectivity index (χ1) is 47.7. The van der Waals surface area contributed by atoms with E-state index >= 15 is 0 Å². The van der Waals surface area contributed by atoms with E-state index in [-0.39, 0.29) is 32.5 Å². The van der Waals surface area contributed by atoms with Gasteiger partial charge in [-0.1, -0.05) is 347 Å². The molecule has 0 N–H and O–H groups in total. The number of methoxy groups -OCH3 is 2. The van der Waals surface area contributed by atoms with Gasteiger partial charge in [0.25, 0.3) is 0 Å². The van der Waals surface area contributed by atoms with Gasteiger partial charge in [0.2, 0.25) is 0 Å². The van der Waals surface area contributed by atoms with Crippen molar-refractivity contribution in [2.45, 2.75) is 275 Å². The van der Waals surface area contributed by atoms with Gasteiger partial charge in [0.05, 0.1) is 30.4 Å². The van der Waals surface area contributed by atoms with Crippen LogP contribution in [0.4, 0.5) is 0 Å². The quantitative estimate of drug-likeness (QED) is 0.127. The average molecular weight is 1410 g/mol. The first-order valence-corrected chi connectivity index (χ1v) is 46.1. The van der Waals surface area contributed by atoms with Gasteiger partial charge in [-0.25, -0.2) is 0 Å². The predicted molar refractivity (Wildman–Crippen MR) is 457 cm³/mol. The lowest BCUT2D eigenvalue weighted by atomic mass is 9.72. The topological polar surface area (TPSA) is 18.5 Å². The highest BCUT2D eigenvalue weighted by atomic mass is 28.3. The summed E-state index contributed by atoms with van der Waals surface area (Å²) in [6.07, 6.45) is 16.6. The van der Waals surface area contributed by atoms with E-state index < -0.39 is 16.1 Å². The summed E-state index contributed by atoms with van der Waals surface area (Å²) in [4.78, 5) is 0. The number of benzene rings is 6. The largest absolute Gasteiger partial charge is 0.496 e. The minimum Gasteiger partial charge on any atom is -0.496 e. The first-order valence-electron chi connectivity index (χ1n) is 39.8. The molecule has 6 aromatic rings. The van der Waals surface area contributed by atoms with Crippen LogP contribution >= 0.6 is 0 Å². The van der Waals surface area contributed by atoms with Crippen LogP contribution in [-0.4, -0.2) is 30.4 Å². The lowest BCUT2D eigenvalue weighted by Gasteiger charge is -2.47. The van der Waals surface area contributed by atoms with Crippen molar-refractivity contribution in [3.8, 4) is 28.0 Å². The Balaban J connectivity index is 0.000000213. The molecule has 2 nitrogen and oxygen atoms in total. The fraction of sp³-hybridized carbons (Fsp3) is 0.515. The maximum absolute atomic E-state index is 6.38. The van der Waals surface area contributed by atoms with Crippen molar-refractivity contribution in [1.29, 1.82) is 0 Å². The molecule has 4 heteroatoms. The van der Waals surface area contributed by atoms with Crippen LogP contribution in [0.5, 0.6) is 5.75 Å².